The van der Waals surface area contributed by atoms with Crippen molar-refractivity contribution in [2.75, 3.05) is 13.1 Å². The molecule has 1 aromatic rings. The SMILES string of the molecule is Cl.Fc1ccc2c(c1)CCCC2CC1=NCCN1. The molecule has 0 radical (unpaired) electrons. The van der Waals surface area contributed by atoms with E-state index in [4.69, 9.17) is 0 Å². The van der Waals surface area contributed by atoms with Gasteiger partial charge in [-0.05, 0) is 48.4 Å². The number of rotatable bonds is 2. The molecular formula is C14H18ClFN2. The fourth-order valence-corrected chi connectivity index (χ4v) is 2.91. The number of hydrogen-bond donors (Lipinski definition) is 1. The Kier molecular flexibility index (Phi) is 4.23. The van der Waals surface area contributed by atoms with Crippen LogP contribution in [-0.2, 0) is 6.42 Å². The quantitative estimate of drug-likeness (QED) is 0.876. The van der Waals surface area contributed by atoms with Crippen LogP contribution in [-0.4, -0.2) is 18.9 Å². The van der Waals surface area contributed by atoms with E-state index in [1.165, 1.54) is 17.5 Å². The number of hydrogen-bond acceptors (Lipinski definition) is 2. The summed E-state index contributed by atoms with van der Waals surface area (Å²) in [6, 6.07) is 5.25. The lowest BCUT2D eigenvalue weighted by Gasteiger charge is -2.25. The standard InChI is InChI=1S/C14H17FN2.ClH/c15-12-4-5-13-10(8-12)2-1-3-11(13)9-14-16-6-7-17-14;/h4-5,8,11H,1-3,6-7,9H2,(H,16,17);1H. The van der Waals surface area contributed by atoms with E-state index in [1.54, 1.807) is 12.1 Å². The number of amidine groups is 1. The molecule has 0 saturated heterocycles. The van der Waals surface area contributed by atoms with Crippen LogP contribution in [0.25, 0.3) is 0 Å². The number of halogens is 2. The molecule has 2 nitrogen and oxygen atoms in total. The number of nitrogens with one attached hydrogen (secondary N) is 1. The molecule has 0 amide bonds. The van der Waals surface area contributed by atoms with E-state index in [0.29, 0.717) is 5.92 Å². The Morgan fingerprint density at radius 3 is 3.06 bits per heavy atom. The van der Waals surface area contributed by atoms with Crippen LogP contribution in [0.5, 0.6) is 0 Å². The highest BCUT2D eigenvalue weighted by atomic mass is 35.5. The zero-order valence-electron chi connectivity index (χ0n) is 10.3. The lowest BCUT2D eigenvalue weighted by molar-refractivity contribution is 0.555. The largest absolute Gasteiger partial charge is 0.372 e. The summed E-state index contributed by atoms with van der Waals surface area (Å²) in [6.07, 6.45) is 4.36. The molecule has 1 N–H and O–H groups in total. The van der Waals surface area contributed by atoms with Crippen LogP contribution >= 0.6 is 12.4 Å². The maximum Gasteiger partial charge on any atom is 0.123 e. The molecule has 1 unspecified atom stereocenters. The van der Waals surface area contributed by atoms with Crippen LogP contribution in [0.1, 0.15) is 36.3 Å². The fraction of sp³-hybridized carbons (Fsp3) is 0.500. The molecule has 0 aromatic heterocycles. The molecule has 98 valence electrons. The topological polar surface area (TPSA) is 24.4 Å². The number of aryl methyl sites for hydroxylation is 1. The van der Waals surface area contributed by atoms with Crippen molar-refractivity contribution in [3.63, 3.8) is 0 Å². The fourth-order valence-electron chi connectivity index (χ4n) is 2.91. The summed E-state index contributed by atoms with van der Waals surface area (Å²) in [4.78, 5) is 4.45. The third-order valence-electron chi connectivity index (χ3n) is 3.73. The van der Waals surface area contributed by atoms with Gasteiger partial charge in [-0.3, -0.25) is 4.99 Å². The van der Waals surface area contributed by atoms with E-state index >= 15 is 0 Å². The summed E-state index contributed by atoms with van der Waals surface area (Å²) < 4.78 is 13.2. The Morgan fingerprint density at radius 2 is 2.28 bits per heavy atom. The zero-order chi connectivity index (χ0) is 11.7. The maximum absolute atomic E-state index is 13.2. The van der Waals surface area contributed by atoms with E-state index in [9.17, 15) is 4.39 Å². The van der Waals surface area contributed by atoms with Gasteiger partial charge in [0, 0.05) is 13.0 Å². The van der Waals surface area contributed by atoms with Crippen molar-refractivity contribution in [3.8, 4) is 0 Å². The summed E-state index contributed by atoms with van der Waals surface area (Å²) in [5.74, 6) is 1.54. The van der Waals surface area contributed by atoms with Crippen molar-refractivity contribution < 1.29 is 4.39 Å². The van der Waals surface area contributed by atoms with E-state index in [1.807, 2.05) is 6.07 Å². The van der Waals surface area contributed by atoms with Crippen molar-refractivity contribution in [1.82, 2.24) is 5.32 Å². The molecule has 2 aliphatic rings. The van der Waals surface area contributed by atoms with Crippen LogP contribution in [0.3, 0.4) is 0 Å². The molecule has 18 heavy (non-hydrogen) atoms. The Labute approximate surface area is 113 Å². The number of benzene rings is 1. The Morgan fingerprint density at radius 1 is 1.39 bits per heavy atom. The molecule has 1 aromatic carbocycles. The molecule has 1 atom stereocenters. The lowest BCUT2D eigenvalue weighted by Crippen LogP contribution is -2.22. The van der Waals surface area contributed by atoms with Gasteiger partial charge in [-0.25, -0.2) is 4.39 Å². The molecule has 0 saturated carbocycles. The van der Waals surface area contributed by atoms with Crippen molar-refractivity contribution in [2.24, 2.45) is 4.99 Å². The van der Waals surface area contributed by atoms with E-state index in [0.717, 1.165) is 38.2 Å². The first-order valence-corrected chi connectivity index (χ1v) is 6.38. The molecule has 0 bridgehead atoms. The highest BCUT2D eigenvalue weighted by Crippen LogP contribution is 2.34. The minimum absolute atomic E-state index is 0. The average molecular weight is 269 g/mol. The molecule has 3 rings (SSSR count). The second kappa shape index (κ2) is 5.70. The monoisotopic (exact) mass is 268 g/mol. The highest BCUT2D eigenvalue weighted by molar-refractivity contribution is 5.85. The molecule has 1 aliphatic heterocycles. The third-order valence-corrected chi connectivity index (χ3v) is 3.73. The second-order valence-corrected chi connectivity index (χ2v) is 4.89. The van der Waals surface area contributed by atoms with Crippen molar-refractivity contribution in [2.45, 2.75) is 31.6 Å². The molecule has 1 aliphatic carbocycles. The van der Waals surface area contributed by atoms with Crippen LogP contribution in [0.4, 0.5) is 4.39 Å². The lowest BCUT2D eigenvalue weighted by atomic mass is 9.81. The minimum atomic E-state index is -0.110. The van der Waals surface area contributed by atoms with Crippen LogP contribution < -0.4 is 5.32 Å². The summed E-state index contributed by atoms with van der Waals surface area (Å²) in [5, 5.41) is 3.32. The molecular weight excluding hydrogens is 251 g/mol. The highest BCUT2D eigenvalue weighted by Gasteiger charge is 2.22. The van der Waals surface area contributed by atoms with Gasteiger partial charge >= 0.3 is 0 Å². The smallest absolute Gasteiger partial charge is 0.123 e. The van der Waals surface area contributed by atoms with Crippen LogP contribution in [0.2, 0.25) is 0 Å². The first-order valence-electron chi connectivity index (χ1n) is 6.38. The summed E-state index contributed by atoms with van der Waals surface area (Å²) in [6.45, 7) is 1.87. The Bertz CT molecular complexity index is 459. The van der Waals surface area contributed by atoms with Gasteiger partial charge in [0.05, 0.1) is 12.4 Å². The number of aliphatic imine (C=N–C) groups is 1. The second-order valence-electron chi connectivity index (χ2n) is 4.89. The average Bonchev–Trinajstić information content (AvgIpc) is 2.82. The van der Waals surface area contributed by atoms with Gasteiger partial charge in [-0.15, -0.1) is 12.4 Å². The molecule has 0 spiro atoms. The predicted molar refractivity (Wildman–Crippen MR) is 74.2 cm³/mol. The minimum Gasteiger partial charge on any atom is -0.372 e. The Balaban J connectivity index is 0.00000120. The summed E-state index contributed by atoms with van der Waals surface area (Å²) in [5.41, 5.74) is 2.52. The van der Waals surface area contributed by atoms with E-state index < -0.39 is 0 Å². The summed E-state index contributed by atoms with van der Waals surface area (Å²) >= 11 is 0. The first-order chi connectivity index (χ1) is 8.33. The number of nitrogens with zero attached hydrogens (tertiary/aromatic N) is 1. The predicted octanol–water partition coefficient (Wildman–Crippen LogP) is 3.06. The maximum atomic E-state index is 13.2. The van der Waals surface area contributed by atoms with E-state index in [-0.39, 0.29) is 18.2 Å². The van der Waals surface area contributed by atoms with Gasteiger partial charge in [-0.2, -0.15) is 0 Å². The van der Waals surface area contributed by atoms with Gasteiger partial charge in [0.2, 0.25) is 0 Å². The third kappa shape index (κ3) is 2.66. The van der Waals surface area contributed by atoms with Gasteiger partial charge in [0.15, 0.2) is 0 Å². The summed E-state index contributed by atoms with van der Waals surface area (Å²) in [7, 11) is 0. The van der Waals surface area contributed by atoms with Crippen LogP contribution in [0, 0.1) is 5.82 Å². The molecule has 1 heterocycles. The van der Waals surface area contributed by atoms with Gasteiger partial charge in [0.25, 0.3) is 0 Å². The van der Waals surface area contributed by atoms with Gasteiger partial charge in [0.1, 0.15) is 5.82 Å². The normalized spacial score (nSPS) is 21.6. The van der Waals surface area contributed by atoms with Crippen molar-refractivity contribution in [3.05, 3.63) is 35.1 Å². The molecule has 0 fully saturated rings. The van der Waals surface area contributed by atoms with Crippen molar-refractivity contribution in [1.29, 1.82) is 0 Å². The van der Waals surface area contributed by atoms with Gasteiger partial charge < -0.3 is 5.32 Å². The first kappa shape index (κ1) is 13.3. The molecule has 4 heteroatoms. The van der Waals surface area contributed by atoms with Crippen molar-refractivity contribution >= 4 is 18.2 Å². The van der Waals surface area contributed by atoms with E-state index in [2.05, 4.69) is 10.3 Å². The Hall–Kier alpha value is -1.09. The zero-order valence-corrected chi connectivity index (χ0v) is 11.1. The number of fused-ring (bicyclic) bond motifs is 1. The van der Waals surface area contributed by atoms with Crippen LogP contribution in [0.15, 0.2) is 23.2 Å². The van der Waals surface area contributed by atoms with Gasteiger partial charge in [-0.1, -0.05) is 6.07 Å².